The molecular weight excluding hydrogens is 521 g/mol. The van der Waals surface area contributed by atoms with Gasteiger partial charge in [-0.1, -0.05) is 18.5 Å². The molecule has 1 aromatic carbocycles. The van der Waals surface area contributed by atoms with E-state index in [1.165, 1.54) is 10.8 Å². The van der Waals surface area contributed by atoms with E-state index in [2.05, 4.69) is 20.6 Å². The molecule has 3 aliphatic rings. The van der Waals surface area contributed by atoms with Gasteiger partial charge in [0.15, 0.2) is 12.4 Å². The number of hydrogen-bond donors (Lipinski definition) is 2. The zero-order valence-corrected chi connectivity index (χ0v) is 21.7. The second kappa shape index (κ2) is 9.21. The van der Waals surface area contributed by atoms with Crippen molar-refractivity contribution in [3.8, 4) is 5.75 Å². The first kappa shape index (κ1) is 25.1. The molecule has 2 aromatic heterocycles. The molecule has 0 unspecified atom stereocenters. The number of hydrogen-bond acceptors (Lipinski definition) is 7. The first-order chi connectivity index (χ1) is 18.1. The molecule has 3 atom stereocenters. The van der Waals surface area contributed by atoms with Gasteiger partial charge in [-0.05, 0) is 49.3 Å². The summed E-state index contributed by atoms with van der Waals surface area (Å²) in [6.45, 7) is 1.97. The molecule has 3 aromatic rings. The van der Waals surface area contributed by atoms with Crippen molar-refractivity contribution >= 4 is 45.6 Å². The van der Waals surface area contributed by atoms with Gasteiger partial charge in [-0.2, -0.15) is 4.98 Å². The largest absolute Gasteiger partial charge is 0.480 e. The van der Waals surface area contributed by atoms with Crippen LogP contribution in [-0.4, -0.2) is 52.4 Å². The minimum absolute atomic E-state index is 0.123. The van der Waals surface area contributed by atoms with Crippen molar-refractivity contribution in [1.82, 2.24) is 14.5 Å². The molecule has 8 nitrogen and oxygen atoms in total. The Labute approximate surface area is 222 Å². The van der Waals surface area contributed by atoms with Gasteiger partial charge in [0.2, 0.25) is 11.7 Å². The summed E-state index contributed by atoms with van der Waals surface area (Å²) in [4.78, 5) is 23.7. The van der Waals surface area contributed by atoms with Crippen molar-refractivity contribution in [2.24, 2.45) is 18.9 Å². The number of rotatable bonds is 4. The lowest BCUT2D eigenvalue weighted by Crippen LogP contribution is -2.44. The van der Waals surface area contributed by atoms with Crippen molar-refractivity contribution < 1.29 is 17.9 Å². The van der Waals surface area contributed by atoms with Crippen molar-refractivity contribution in [2.45, 2.75) is 44.3 Å². The number of benzene rings is 1. The van der Waals surface area contributed by atoms with Gasteiger partial charge >= 0.3 is 5.92 Å². The molecule has 2 N–H and O–H groups in total. The van der Waals surface area contributed by atoms with Crippen LogP contribution in [0.2, 0.25) is 5.02 Å². The zero-order chi connectivity index (χ0) is 26.8. The van der Waals surface area contributed by atoms with E-state index in [4.69, 9.17) is 16.3 Å². The average Bonchev–Trinajstić information content (AvgIpc) is 3.71. The van der Waals surface area contributed by atoms with Gasteiger partial charge in [0, 0.05) is 24.7 Å². The molecule has 1 saturated heterocycles. The minimum atomic E-state index is -3.12. The fourth-order valence-electron chi connectivity index (χ4n) is 5.46. The van der Waals surface area contributed by atoms with Gasteiger partial charge in [-0.3, -0.25) is 4.79 Å². The predicted octanol–water partition coefficient (Wildman–Crippen LogP) is 5.13. The Balaban J connectivity index is 1.38. The summed E-state index contributed by atoms with van der Waals surface area (Å²) < 4.78 is 50.8. The molecule has 0 spiro atoms. The zero-order valence-electron chi connectivity index (χ0n) is 21.0. The molecule has 0 bridgehead atoms. The predicted molar refractivity (Wildman–Crippen MR) is 141 cm³/mol. The normalized spacial score (nSPS) is 24.8. The molecule has 2 aliphatic heterocycles. The van der Waals surface area contributed by atoms with Crippen LogP contribution in [0.25, 0.3) is 10.9 Å². The van der Waals surface area contributed by atoms with Crippen molar-refractivity contribution in [3.05, 3.63) is 39.8 Å². The Kier molecular flexibility index (Phi) is 6.08. The fourth-order valence-corrected chi connectivity index (χ4v) is 5.60. The summed E-state index contributed by atoms with van der Waals surface area (Å²) in [7, 11) is 1.58. The second-order valence-electron chi connectivity index (χ2n) is 10.6. The third kappa shape index (κ3) is 4.50. The van der Waals surface area contributed by atoms with Gasteiger partial charge in [0.05, 0.1) is 30.0 Å². The number of nitrogens with zero attached hydrogens (tertiary/aromatic N) is 4. The van der Waals surface area contributed by atoms with Gasteiger partial charge < -0.3 is 24.8 Å². The molecular formula is C26H28ClF3N6O2. The highest BCUT2D eigenvalue weighted by atomic mass is 35.5. The van der Waals surface area contributed by atoms with Gasteiger partial charge in [0.25, 0.3) is 5.56 Å². The Morgan fingerprint density at radius 2 is 2.05 bits per heavy atom. The van der Waals surface area contributed by atoms with Crippen LogP contribution < -0.4 is 25.8 Å². The van der Waals surface area contributed by atoms with Crippen LogP contribution in [0.1, 0.15) is 26.2 Å². The van der Waals surface area contributed by atoms with Crippen LogP contribution in [0.15, 0.2) is 29.2 Å². The van der Waals surface area contributed by atoms with Crippen LogP contribution in [0.3, 0.4) is 0 Å². The third-order valence-corrected chi connectivity index (χ3v) is 7.77. The fraction of sp³-hybridized carbons (Fsp3) is 0.500. The summed E-state index contributed by atoms with van der Waals surface area (Å²) in [6, 6.07) is 4.10. The smallest absolute Gasteiger partial charge is 0.301 e. The first-order valence-corrected chi connectivity index (χ1v) is 13.1. The second-order valence-corrected chi connectivity index (χ2v) is 11.1. The Morgan fingerprint density at radius 1 is 1.26 bits per heavy atom. The number of nitrogens with one attached hydrogen (secondary N) is 2. The lowest BCUT2D eigenvalue weighted by molar-refractivity contribution is -0.0579. The number of piperidine rings is 1. The molecule has 4 heterocycles. The Bertz CT molecular complexity index is 1450. The van der Waals surface area contributed by atoms with Crippen molar-refractivity contribution in [1.29, 1.82) is 0 Å². The lowest BCUT2D eigenvalue weighted by Gasteiger charge is -2.33. The number of aromatic nitrogens is 3. The highest BCUT2D eigenvalue weighted by Crippen LogP contribution is 2.45. The molecule has 38 heavy (non-hydrogen) atoms. The molecule has 2 fully saturated rings. The monoisotopic (exact) mass is 548 g/mol. The van der Waals surface area contributed by atoms with E-state index in [0.29, 0.717) is 54.2 Å². The van der Waals surface area contributed by atoms with E-state index < -0.39 is 30.3 Å². The number of aryl methyl sites for hydroxylation is 1. The SMILES string of the molecule is C[C@H]1C[C@@H](F)CN(c2ncc(Cl)c(Nc3ccc4c(c3)c3c(c(=O)n4C)OCC(F)(F)[C@H](C4CC4)N3)n2)C1. The Morgan fingerprint density at radius 3 is 2.79 bits per heavy atom. The van der Waals surface area contributed by atoms with Crippen LogP contribution in [0.5, 0.6) is 5.75 Å². The maximum atomic E-state index is 14.9. The number of anilines is 4. The van der Waals surface area contributed by atoms with E-state index in [1.54, 1.807) is 30.1 Å². The summed E-state index contributed by atoms with van der Waals surface area (Å²) in [6.07, 6.45) is 2.41. The number of pyridine rings is 1. The lowest BCUT2D eigenvalue weighted by atomic mass is 9.99. The maximum Gasteiger partial charge on any atom is 0.301 e. The summed E-state index contributed by atoms with van der Waals surface area (Å²) in [5, 5.41) is 6.97. The summed E-state index contributed by atoms with van der Waals surface area (Å²) in [5.41, 5.74) is 0.895. The van der Waals surface area contributed by atoms with E-state index in [1.807, 2.05) is 6.92 Å². The summed E-state index contributed by atoms with van der Waals surface area (Å²) >= 11 is 6.39. The van der Waals surface area contributed by atoms with Crippen molar-refractivity contribution in [3.63, 3.8) is 0 Å². The maximum absolute atomic E-state index is 14.9. The molecule has 12 heteroatoms. The minimum Gasteiger partial charge on any atom is -0.480 e. The third-order valence-electron chi connectivity index (χ3n) is 7.50. The van der Waals surface area contributed by atoms with E-state index in [0.717, 1.165) is 0 Å². The van der Waals surface area contributed by atoms with Gasteiger partial charge in [0.1, 0.15) is 11.2 Å². The van der Waals surface area contributed by atoms with Crippen LogP contribution in [0, 0.1) is 11.8 Å². The van der Waals surface area contributed by atoms with E-state index in [-0.39, 0.29) is 34.8 Å². The molecule has 0 radical (unpaired) electrons. The van der Waals surface area contributed by atoms with Crippen molar-refractivity contribution in [2.75, 3.05) is 35.2 Å². The first-order valence-electron chi connectivity index (χ1n) is 12.7. The highest BCUT2D eigenvalue weighted by Gasteiger charge is 2.51. The number of ether oxygens (including phenoxy) is 1. The standard InChI is InChI=1S/C26H28ClF3N6O2/c1-13-7-15(28)11-36(10-13)25-31-9-18(27)23(34-25)32-16-5-6-19-17(8-16)20-21(24(37)35(19)2)38-12-26(29,30)22(33-20)14-3-4-14/h5-6,8-9,13-15,22,33H,3-4,7,10-12H2,1-2H3,(H,31,32,34)/t13-,15+,22-/m0/s1. The van der Waals surface area contributed by atoms with Crippen LogP contribution in [-0.2, 0) is 7.05 Å². The topological polar surface area (TPSA) is 84.3 Å². The number of halogens is 4. The molecule has 6 rings (SSSR count). The quantitative estimate of drug-likeness (QED) is 0.468. The average molecular weight is 549 g/mol. The van der Waals surface area contributed by atoms with Crippen LogP contribution >= 0.6 is 11.6 Å². The molecule has 1 aliphatic carbocycles. The number of fused-ring (bicyclic) bond motifs is 3. The molecule has 0 amide bonds. The van der Waals surface area contributed by atoms with Gasteiger partial charge in [-0.15, -0.1) is 0 Å². The molecule has 1 saturated carbocycles. The summed E-state index contributed by atoms with van der Waals surface area (Å²) in [5.74, 6) is -2.57. The molecule has 202 valence electrons. The van der Waals surface area contributed by atoms with Crippen LogP contribution in [0.4, 0.5) is 36.3 Å². The van der Waals surface area contributed by atoms with E-state index in [9.17, 15) is 18.0 Å². The van der Waals surface area contributed by atoms with Gasteiger partial charge in [-0.25, -0.2) is 18.2 Å². The van der Waals surface area contributed by atoms with E-state index >= 15 is 0 Å². The Hall–Kier alpha value is -3.21. The number of alkyl halides is 3. The highest BCUT2D eigenvalue weighted by molar-refractivity contribution is 6.32.